The van der Waals surface area contributed by atoms with Crippen LogP contribution in [0.3, 0.4) is 0 Å². The molecule has 2 rings (SSSR count). The zero-order chi connectivity index (χ0) is 13.9. The van der Waals surface area contributed by atoms with Crippen LogP contribution < -0.4 is 0 Å². The normalized spacial score (nSPS) is 37.8. The Morgan fingerprint density at radius 2 is 1.89 bits per heavy atom. The number of carboxylic acids is 1. The number of hydrogen-bond acceptors (Lipinski definition) is 3. The Kier molecular flexibility index (Phi) is 4.51. The van der Waals surface area contributed by atoms with E-state index in [9.17, 15) is 9.90 Å². The lowest BCUT2D eigenvalue weighted by molar-refractivity contribution is -0.175. The van der Waals surface area contributed by atoms with Gasteiger partial charge in [0.05, 0.1) is 5.60 Å². The molecule has 0 bridgehead atoms. The number of hydrogen-bond donors (Lipinski definition) is 1. The van der Waals surface area contributed by atoms with Gasteiger partial charge in [0.1, 0.15) is 5.54 Å². The molecule has 19 heavy (non-hydrogen) atoms. The summed E-state index contributed by atoms with van der Waals surface area (Å²) in [6, 6.07) is 0. The Bertz CT molecular complexity index is 325. The zero-order valence-electron chi connectivity index (χ0n) is 12.3. The second-order valence-electron chi connectivity index (χ2n) is 6.32. The van der Waals surface area contributed by atoms with Crippen LogP contribution in [0.5, 0.6) is 0 Å². The molecule has 0 aromatic heterocycles. The van der Waals surface area contributed by atoms with Gasteiger partial charge in [0, 0.05) is 13.0 Å². The second kappa shape index (κ2) is 5.80. The monoisotopic (exact) mass is 269 g/mol. The molecule has 2 atom stereocenters. The molecule has 0 aromatic carbocycles. The van der Waals surface area contributed by atoms with Gasteiger partial charge in [-0.3, -0.25) is 9.69 Å². The lowest BCUT2D eigenvalue weighted by atomic mass is 9.77. The highest BCUT2D eigenvalue weighted by Gasteiger charge is 2.51. The van der Waals surface area contributed by atoms with Gasteiger partial charge in [-0.05, 0) is 45.7 Å². The number of nitrogens with zero attached hydrogens (tertiary/aromatic N) is 1. The van der Waals surface area contributed by atoms with Crippen molar-refractivity contribution in [2.24, 2.45) is 0 Å². The van der Waals surface area contributed by atoms with Gasteiger partial charge >= 0.3 is 5.97 Å². The van der Waals surface area contributed by atoms with Crippen LogP contribution in [0.25, 0.3) is 0 Å². The number of carboxylic acid groups (broad SMARTS) is 1. The van der Waals surface area contributed by atoms with Crippen molar-refractivity contribution in [3.8, 4) is 0 Å². The molecule has 4 heteroatoms. The van der Waals surface area contributed by atoms with E-state index in [1.807, 2.05) is 0 Å². The van der Waals surface area contributed by atoms with E-state index < -0.39 is 11.5 Å². The van der Waals surface area contributed by atoms with E-state index in [1.54, 1.807) is 0 Å². The molecule has 2 heterocycles. The summed E-state index contributed by atoms with van der Waals surface area (Å²) >= 11 is 0. The van der Waals surface area contributed by atoms with Gasteiger partial charge in [-0.1, -0.05) is 19.8 Å². The highest BCUT2D eigenvalue weighted by atomic mass is 16.5. The molecule has 0 spiro atoms. The fraction of sp³-hybridized carbons (Fsp3) is 0.933. The Morgan fingerprint density at radius 1 is 1.26 bits per heavy atom. The van der Waals surface area contributed by atoms with Crippen molar-refractivity contribution >= 4 is 5.97 Å². The molecule has 0 radical (unpaired) electrons. The number of rotatable bonds is 3. The van der Waals surface area contributed by atoms with Crippen LogP contribution in [0.15, 0.2) is 0 Å². The molecule has 2 fully saturated rings. The van der Waals surface area contributed by atoms with Gasteiger partial charge in [0.25, 0.3) is 0 Å². The lowest BCUT2D eigenvalue weighted by Crippen LogP contribution is -2.62. The smallest absolute Gasteiger partial charge is 0.324 e. The number of ether oxygens (including phenoxy) is 1. The van der Waals surface area contributed by atoms with Gasteiger partial charge in [-0.2, -0.15) is 0 Å². The first-order chi connectivity index (χ1) is 9.02. The second-order valence-corrected chi connectivity index (χ2v) is 6.32. The minimum Gasteiger partial charge on any atom is -0.480 e. The maximum Gasteiger partial charge on any atom is 0.324 e. The highest BCUT2D eigenvalue weighted by molar-refractivity contribution is 5.79. The van der Waals surface area contributed by atoms with E-state index in [1.165, 1.54) is 12.8 Å². The molecule has 0 saturated carbocycles. The fourth-order valence-electron chi connectivity index (χ4n) is 3.54. The third-order valence-electron chi connectivity index (χ3n) is 4.99. The summed E-state index contributed by atoms with van der Waals surface area (Å²) < 4.78 is 5.85. The predicted molar refractivity (Wildman–Crippen MR) is 74.3 cm³/mol. The van der Waals surface area contributed by atoms with Crippen molar-refractivity contribution in [3.05, 3.63) is 0 Å². The first-order valence-electron chi connectivity index (χ1n) is 7.65. The van der Waals surface area contributed by atoms with Crippen LogP contribution >= 0.6 is 0 Å². The minimum atomic E-state index is -0.701. The predicted octanol–water partition coefficient (Wildman–Crippen LogP) is 2.66. The zero-order valence-corrected chi connectivity index (χ0v) is 12.3. The molecular formula is C15H27NO3. The molecule has 0 aromatic rings. The first-order valence-corrected chi connectivity index (χ1v) is 7.65. The molecule has 4 nitrogen and oxygen atoms in total. The molecule has 2 aliphatic heterocycles. The molecule has 2 saturated heterocycles. The van der Waals surface area contributed by atoms with Crippen molar-refractivity contribution in [2.45, 2.75) is 69.9 Å². The number of carbonyl (C=O) groups is 1. The van der Waals surface area contributed by atoms with Crippen LogP contribution in [0.2, 0.25) is 0 Å². The summed E-state index contributed by atoms with van der Waals surface area (Å²) in [7, 11) is 0. The Labute approximate surface area is 116 Å². The van der Waals surface area contributed by atoms with Gasteiger partial charge in [0.15, 0.2) is 0 Å². The van der Waals surface area contributed by atoms with E-state index in [0.29, 0.717) is 19.4 Å². The van der Waals surface area contributed by atoms with E-state index >= 15 is 0 Å². The van der Waals surface area contributed by atoms with Crippen molar-refractivity contribution in [1.29, 1.82) is 0 Å². The molecule has 0 amide bonds. The lowest BCUT2D eigenvalue weighted by Gasteiger charge is -2.49. The average Bonchev–Trinajstić information content (AvgIpc) is 2.67. The third kappa shape index (κ3) is 2.95. The largest absolute Gasteiger partial charge is 0.480 e. The molecule has 110 valence electrons. The Hall–Kier alpha value is -0.610. The summed E-state index contributed by atoms with van der Waals surface area (Å²) in [5.74, 6) is -0.655. The van der Waals surface area contributed by atoms with Crippen LogP contribution in [-0.2, 0) is 9.53 Å². The van der Waals surface area contributed by atoms with Crippen LogP contribution in [-0.4, -0.2) is 46.8 Å². The van der Waals surface area contributed by atoms with Crippen molar-refractivity contribution < 1.29 is 14.6 Å². The SMILES string of the molecule is CCC1(C)CC(C(=O)O)(N2CCCCCC2)CCO1. The van der Waals surface area contributed by atoms with Gasteiger partial charge < -0.3 is 9.84 Å². The number of aliphatic carboxylic acids is 1. The van der Waals surface area contributed by atoms with Crippen LogP contribution in [0.1, 0.15) is 58.8 Å². The van der Waals surface area contributed by atoms with Crippen molar-refractivity contribution in [2.75, 3.05) is 19.7 Å². The summed E-state index contributed by atoms with van der Waals surface area (Å²) in [6.45, 7) is 6.55. The Balaban J connectivity index is 2.23. The molecule has 2 aliphatic rings. The highest BCUT2D eigenvalue weighted by Crippen LogP contribution is 2.39. The van der Waals surface area contributed by atoms with Crippen molar-refractivity contribution in [1.82, 2.24) is 4.90 Å². The fourth-order valence-corrected chi connectivity index (χ4v) is 3.54. The van der Waals surface area contributed by atoms with Gasteiger partial charge in [-0.15, -0.1) is 0 Å². The van der Waals surface area contributed by atoms with Gasteiger partial charge in [-0.25, -0.2) is 0 Å². The standard InChI is InChI=1S/C15H27NO3/c1-3-14(2)12-15(13(17)18,8-11-19-14)16-9-6-4-5-7-10-16/h3-12H2,1-2H3,(H,17,18). The third-order valence-corrected chi connectivity index (χ3v) is 4.99. The molecule has 1 N–H and O–H groups in total. The van der Waals surface area contributed by atoms with E-state index in [2.05, 4.69) is 18.7 Å². The maximum absolute atomic E-state index is 12.0. The summed E-state index contributed by atoms with van der Waals surface area (Å²) in [6.07, 6.45) is 6.82. The molecule has 0 aliphatic carbocycles. The van der Waals surface area contributed by atoms with E-state index in [4.69, 9.17) is 4.74 Å². The van der Waals surface area contributed by atoms with E-state index in [-0.39, 0.29) is 5.60 Å². The topological polar surface area (TPSA) is 49.8 Å². The van der Waals surface area contributed by atoms with Crippen LogP contribution in [0.4, 0.5) is 0 Å². The van der Waals surface area contributed by atoms with Gasteiger partial charge in [0.2, 0.25) is 0 Å². The van der Waals surface area contributed by atoms with E-state index in [0.717, 1.165) is 32.4 Å². The minimum absolute atomic E-state index is 0.289. The average molecular weight is 269 g/mol. The first kappa shape index (κ1) is 14.8. The summed E-state index contributed by atoms with van der Waals surface area (Å²) in [5.41, 5.74) is -0.990. The molecule has 2 unspecified atom stereocenters. The maximum atomic E-state index is 12.0. The van der Waals surface area contributed by atoms with Crippen molar-refractivity contribution in [3.63, 3.8) is 0 Å². The number of likely N-dealkylation sites (tertiary alicyclic amines) is 1. The van der Waals surface area contributed by atoms with Crippen LogP contribution in [0, 0.1) is 0 Å². The summed E-state index contributed by atoms with van der Waals surface area (Å²) in [4.78, 5) is 14.2. The quantitative estimate of drug-likeness (QED) is 0.855. The molecular weight excluding hydrogens is 242 g/mol. The Morgan fingerprint density at radius 3 is 2.42 bits per heavy atom. The summed E-state index contributed by atoms with van der Waals surface area (Å²) in [5, 5.41) is 9.86.